The molecule has 18 heavy (non-hydrogen) atoms. The van der Waals surface area contributed by atoms with E-state index in [9.17, 15) is 8.42 Å². The van der Waals surface area contributed by atoms with Crippen LogP contribution in [0, 0.1) is 0 Å². The van der Waals surface area contributed by atoms with Gasteiger partial charge in [-0.1, -0.05) is 19.3 Å². The van der Waals surface area contributed by atoms with E-state index in [1.54, 1.807) is 13.2 Å². The lowest BCUT2D eigenvalue weighted by Crippen LogP contribution is -2.44. The van der Waals surface area contributed by atoms with E-state index in [0.29, 0.717) is 0 Å². The Hall–Kier alpha value is -0.920. The van der Waals surface area contributed by atoms with E-state index < -0.39 is 10.2 Å². The van der Waals surface area contributed by atoms with Gasteiger partial charge in [-0.2, -0.15) is 17.4 Å². The fourth-order valence-corrected chi connectivity index (χ4v) is 3.44. The zero-order chi connectivity index (χ0) is 13.0. The minimum atomic E-state index is -3.40. The fraction of sp³-hybridized carbons (Fsp3) is 0.727. The molecule has 1 aliphatic carbocycles. The van der Waals surface area contributed by atoms with Crippen molar-refractivity contribution in [2.24, 2.45) is 0 Å². The first-order valence-electron chi connectivity index (χ1n) is 6.29. The van der Waals surface area contributed by atoms with Crippen LogP contribution in [0.5, 0.6) is 0 Å². The molecule has 0 radical (unpaired) electrons. The van der Waals surface area contributed by atoms with Crippen molar-refractivity contribution in [1.82, 2.24) is 19.0 Å². The second kappa shape index (κ2) is 5.81. The second-order valence-corrected chi connectivity index (χ2v) is 6.53. The van der Waals surface area contributed by atoms with Gasteiger partial charge in [0.1, 0.15) is 0 Å². The van der Waals surface area contributed by atoms with Gasteiger partial charge in [-0.15, -0.1) is 0 Å². The molecule has 0 amide bonds. The molecule has 0 bridgehead atoms. The predicted octanol–water partition coefficient (Wildman–Crippen LogP) is 1.01. The summed E-state index contributed by atoms with van der Waals surface area (Å²) in [7, 11) is -1.74. The summed E-state index contributed by atoms with van der Waals surface area (Å²) in [6.45, 7) is 0.249. The Morgan fingerprint density at radius 3 is 2.78 bits per heavy atom. The first kappa shape index (κ1) is 13.5. The van der Waals surface area contributed by atoms with Crippen molar-refractivity contribution >= 4 is 10.2 Å². The van der Waals surface area contributed by atoms with Crippen molar-refractivity contribution < 1.29 is 8.42 Å². The monoisotopic (exact) mass is 272 g/mol. The van der Waals surface area contributed by atoms with Crippen molar-refractivity contribution in [2.45, 2.75) is 44.7 Å². The Labute approximate surface area is 108 Å². The Bertz CT molecular complexity index is 451. The molecule has 102 valence electrons. The number of rotatable bonds is 5. The van der Waals surface area contributed by atoms with Crippen LogP contribution in [0.1, 0.15) is 37.8 Å². The van der Waals surface area contributed by atoms with Crippen LogP contribution in [-0.2, 0) is 16.8 Å². The molecule has 6 nitrogen and oxygen atoms in total. The molecule has 1 aliphatic rings. The first-order valence-corrected chi connectivity index (χ1v) is 7.73. The van der Waals surface area contributed by atoms with Crippen molar-refractivity contribution in [1.29, 1.82) is 0 Å². The molecule has 7 heteroatoms. The molecule has 1 saturated carbocycles. The number of hydrogen-bond acceptors (Lipinski definition) is 3. The average molecular weight is 272 g/mol. The largest absolute Gasteiger partial charge is 0.347 e. The van der Waals surface area contributed by atoms with Crippen LogP contribution < -0.4 is 4.72 Å². The lowest BCUT2D eigenvalue weighted by atomic mass is 9.96. The number of aromatic amines is 1. The minimum Gasteiger partial charge on any atom is -0.347 e. The van der Waals surface area contributed by atoms with E-state index in [1.165, 1.54) is 17.1 Å². The van der Waals surface area contributed by atoms with Crippen LogP contribution in [0.3, 0.4) is 0 Å². The number of hydrogen-bond donors (Lipinski definition) is 2. The normalized spacial score (nSPS) is 18.3. The molecule has 0 spiro atoms. The Morgan fingerprint density at radius 2 is 2.17 bits per heavy atom. The van der Waals surface area contributed by atoms with Crippen molar-refractivity contribution in [2.75, 3.05) is 7.05 Å². The molecular weight excluding hydrogens is 252 g/mol. The summed E-state index contributed by atoms with van der Waals surface area (Å²) in [5.74, 6) is 0. The second-order valence-electron chi connectivity index (χ2n) is 4.71. The highest BCUT2D eigenvalue weighted by atomic mass is 32.2. The molecule has 0 saturated heterocycles. The van der Waals surface area contributed by atoms with Gasteiger partial charge in [-0.25, -0.2) is 4.98 Å². The average Bonchev–Trinajstić information content (AvgIpc) is 2.90. The summed E-state index contributed by atoms with van der Waals surface area (Å²) >= 11 is 0. The smallest absolute Gasteiger partial charge is 0.279 e. The van der Waals surface area contributed by atoms with Gasteiger partial charge in [0.25, 0.3) is 10.2 Å². The maximum atomic E-state index is 12.1. The lowest BCUT2D eigenvalue weighted by molar-refractivity contribution is 0.283. The number of imidazole rings is 1. The molecule has 0 atom stereocenters. The summed E-state index contributed by atoms with van der Waals surface area (Å²) in [6, 6.07) is 0.137. The van der Waals surface area contributed by atoms with E-state index in [2.05, 4.69) is 14.7 Å². The van der Waals surface area contributed by atoms with Crippen molar-refractivity contribution in [3.63, 3.8) is 0 Å². The summed E-state index contributed by atoms with van der Waals surface area (Å²) in [4.78, 5) is 6.73. The summed E-state index contributed by atoms with van der Waals surface area (Å²) in [5.41, 5.74) is 0.760. The summed E-state index contributed by atoms with van der Waals surface area (Å²) in [6.07, 6.45) is 8.52. The third kappa shape index (κ3) is 3.30. The van der Waals surface area contributed by atoms with Gasteiger partial charge in [0, 0.05) is 25.0 Å². The number of nitrogens with one attached hydrogen (secondary N) is 2. The highest BCUT2D eigenvalue weighted by Crippen LogP contribution is 2.22. The van der Waals surface area contributed by atoms with E-state index in [4.69, 9.17) is 0 Å². The highest BCUT2D eigenvalue weighted by Gasteiger charge is 2.27. The van der Waals surface area contributed by atoms with Crippen LogP contribution in [0.2, 0.25) is 0 Å². The van der Waals surface area contributed by atoms with Gasteiger partial charge in [-0.3, -0.25) is 0 Å². The summed E-state index contributed by atoms with van der Waals surface area (Å²) in [5, 5.41) is 0. The lowest BCUT2D eigenvalue weighted by Gasteiger charge is -2.30. The van der Waals surface area contributed by atoms with Crippen LogP contribution >= 0.6 is 0 Å². The van der Waals surface area contributed by atoms with Crippen LogP contribution in [0.15, 0.2) is 12.5 Å². The Kier molecular flexibility index (Phi) is 4.36. The zero-order valence-corrected chi connectivity index (χ0v) is 11.4. The maximum Gasteiger partial charge on any atom is 0.279 e. The topological polar surface area (TPSA) is 78.1 Å². The van der Waals surface area contributed by atoms with Gasteiger partial charge in [0.15, 0.2) is 0 Å². The van der Waals surface area contributed by atoms with Gasteiger partial charge in [-0.05, 0) is 12.8 Å². The standard InChI is InChI=1S/C11H20N4O2S/c1-15(11-5-3-2-4-6-11)18(16,17)14-8-10-7-12-9-13-10/h7,9,11,14H,2-6,8H2,1H3,(H,12,13). The highest BCUT2D eigenvalue weighted by molar-refractivity contribution is 7.87. The fourth-order valence-electron chi connectivity index (χ4n) is 2.29. The van der Waals surface area contributed by atoms with Crippen LogP contribution in [0.4, 0.5) is 0 Å². The van der Waals surface area contributed by atoms with E-state index in [0.717, 1.165) is 31.4 Å². The number of aromatic nitrogens is 2. The molecule has 2 N–H and O–H groups in total. The van der Waals surface area contributed by atoms with Gasteiger partial charge >= 0.3 is 0 Å². The molecule has 1 aromatic heterocycles. The van der Waals surface area contributed by atoms with Crippen LogP contribution in [0.25, 0.3) is 0 Å². The van der Waals surface area contributed by atoms with Crippen molar-refractivity contribution in [3.8, 4) is 0 Å². The molecule has 2 rings (SSSR count). The predicted molar refractivity (Wildman–Crippen MR) is 69.0 cm³/mol. The van der Waals surface area contributed by atoms with E-state index >= 15 is 0 Å². The molecule has 1 aromatic rings. The third-order valence-corrected chi connectivity index (χ3v) is 5.03. The summed E-state index contributed by atoms with van der Waals surface area (Å²) < 4.78 is 28.3. The Morgan fingerprint density at radius 1 is 1.44 bits per heavy atom. The van der Waals surface area contributed by atoms with Crippen molar-refractivity contribution in [3.05, 3.63) is 18.2 Å². The number of nitrogens with zero attached hydrogens (tertiary/aromatic N) is 2. The van der Waals surface area contributed by atoms with Gasteiger partial charge in [0.05, 0.1) is 12.9 Å². The molecular formula is C11H20N4O2S. The zero-order valence-electron chi connectivity index (χ0n) is 10.6. The first-order chi connectivity index (χ1) is 8.59. The van der Waals surface area contributed by atoms with Crippen LogP contribution in [-0.4, -0.2) is 35.8 Å². The molecule has 0 aliphatic heterocycles. The van der Waals surface area contributed by atoms with E-state index in [-0.39, 0.29) is 12.6 Å². The quantitative estimate of drug-likeness (QED) is 0.839. The third-order valence-electron chi connectivity index (χ3n) is 3.47. The number of H-pyrrole nitrogens is 1. The molecule has 0 unspecified atom stereocenters. The maximum absolute atomic E-state index is 12.1. The van der Waals surface area contributed by atoms with E-state index in [1.807, 2.05) is 0 Å². The van der Waals surface area contributed by atoms with Gasteiger partial charge < -0.3 is 4.98 Å². The molecule has 1 heterocycles. The van der Waals surface area contributed by atoms with Gasteiger partial charge in [0.2, 0.25) is 0 Å². The SMILES string of the molecule is CN(C1CCCCC1)S(=O)(=O)NCc1cnc[nH]1. The molecule has 1 fully saturated rings. The Balaban J connectivity index is 1.92. The molecule has 0 aromatic carbocycles. The minimum absolute atomic E-state index is 0.137.